The molecule has 0 amide bonds. The maximum atomic E-state index is 11.3. The van der Waals surface area contributed by atoms with Crippen molar-refractivity contribution in [1.29, 1.82) is 0 Å². The number of nitrogens with zero attached hydrogens (tertiary/aromatic N) is 3. The Hall–Kier alpha value is -2.92. The summed E-state index contributed by atoms with van der Waals surface area (Å²) in [5.41, 5.74) is 6.39. The Kier molecular flexibility index (Phi) is 3.89. The monoisotopic (exact) mass is 365 g/mol. The highest BCUT2D eigenvalue weighted by Gasteiger charge is 2.24. The van der Waals surface area contributed by atoms with Crippen LogP contribution in [0.1, 0.15) is 28.1 Å². The third-order valence-electron chi connectivity index (χ3n) is 4.71. The molecule has 130 valence electrons. The van der Waals surface area contributed by atoms with Gasteiger partial charge >= 0.3 is 0 Å². The van der Waals surface area contributed by atoms with Gasteiger partial charge in [0.15, 0.2) is 0 Å². The van der Waals surface area contributed by atoms with Crippen molar-refractivity contribution in [3.8, 4) is 5.69 Å². The first-order valence-corrected chi connectivity index (χ1v) is 8.61. The van der Waals surface area contributed by atoms with Gasteiger partial charge in [0.2, 0.25) is 0 Å². The van der Waals surface area contributed by atoms with Crippen molar-refractivity contribution >= 4 is 23.0 Å². The van der Waals surface area contributed by atoms with Crippen molar-refractivity contribution < 1.29 is 4.92 Å². The third-order valence-corrected chi connectivity index (χ3v) is 5.04. The molecule has 0 spiro atoms. The smallest absolute Gasteiger partial charge is 0.270 e. The summed E-state index contributed by atoms with van der Waals surface area (Å²) in [7, 11) is 0. The number of aromatic nitrogens is 1. The zero-order valence-electron chi connectivity index (χ0n) is 14.4. The second kappa shape index (κ2) is 6.11. The lowest BCUT2D eigenvalue weighted by molar-refractivity contribution is -0.384. The van der Waals surface area contributed by atoms with Gasteiger partial charge in [0.1, 0.15) is 0 Å². The molecular formula is C20H16ClN3O2. The second-order valence-corrected chi connectivity index (χ2v) is 6.76. The summed E-state index contributed by atoms with van der Waals surface area (Å²) in [6.45, 7) is 4.57. The maximum absolute atomic E-state index is 11.3. The van der Waals surface area contributed by atoms with Gasteiger partial charge in [0.05, 0.1) is 22.9 Å². The van der Waals surface area contributed by atoms with Crippen LogP contribution in [0.15, 0.2) is 53.5 Å². The first-order valence-electron chi connectivity index (χ1n) is 8.23. The van der Waals surface area contributed by atoms with Gasteiger partial charge in [0.25, 0.3) is 5.69 Å². The summed E-state index contributed by atoms with van der Waals surface area (Å²) in [4.78, 5) is 15.7. The van der Waals surface area contributed by atoms with E-state index >= 15 is 0 Å². The molecule has 1 aliphatic heterocycles. The van der Waals surface area contributed by atoms with E-state index in [1.165, 1.54) is 6.07 Å². The van der Waals surface area contributed by atoms with E-state index in [4.69, 9.17) is 16.6 Å². The number of rotatable bonds is 2. The van der Waals surface area contributed by atoms with Crippen LogP contribution >= 0.6 is 11.6 Å². The molecule has 0 saturated carbocycles. The summed E-state index contributed by atoms with van der Waals surface area (Å²) in [5.74, 6) is 0. The molecule has 0 aliphatic carbocycles. The SMILES string of the molecule is Cc1cc(C)n2c1CN=C(c1ccccc1Cl)c1cc([N+](=O)[O-])ccc1-2. The van der Waals surface area contributed by atoms with E-state index in [2.05, 4.69) is 17.6 Å². The Balaban J connectivity index is 2.05. The van der Waals surface area contributed by atoms with Crippen LogP contribution in [-0.4, -0.2) is 15.2 Å². The van der Waals surface area contributed by atoms with E-state index in [9.17, 15) is 10.1 Å². The molecule has 2 heterocycles. The molecule has 2 aromatic carbocycles. The number of non-ortho nitro benzene ring substituents is 1. The number of hydrogen-bond donors (Lipinski definition) is 0. The zero-order chi connectivity index (χ0) is 18.4. The van der Waals surface area contributed by atoms with Gasteiger partial charge in [-0.05, 0) is 37.6 Å². The van der Waals surface area contributed by atoms with Crippen molar-refractivity contribution in [2.24, 2.45) is 4.99 Å². The van der Waals surface area contributed by atoms with Crippen LogP contribution < -0.4 is 0 Å². The molecule has 6 heteroatoms. The molecule has 0 radical (unpaired) electrons. The van der Waals surface area contributed by atoms with Gasteiger partial charge in [-0.2, -0.15) is 0 Å². The summed E-state index contributed by atoms with van der Waals surface area (Å²) >= 11 is 6.41. The Morgan fingerprint density at radius 1 is 1.12 bits per heavy atom. The number of nitro groups is 1. The second-order valence-electron chi connectivity index (χ2n) is 6.35. The standard InChI is InChI=1S/C20H16ClN3O2/c1-12-9-13(2)23-18-8-7-14(24(25)26)10-16(18)20(22-11-19(12)23)15-5-3-4-6-17(15)21/h3-10H,11H2,1-2H3. The van der Waals surface area contributed by atoms with Crippen LogP contribution in [0.4, 0.5) is 5.69 Å². The topological polar surface area (TPSA) is 60.4 Å². The fourth-order valence-electron chi connectivity index (χ4n) is 3.53. The molecule has 0 atom stereocenters. The normalized spacial score (nSPS) is 12.8. The minimum atomic E-state index is -0.385. The Morgan fingerprint density at radius 2 is 1.88 bits per heavy atom. The van der Waals surface area contributed by atoms with Crippen molar-refractivity contribution in [2.75, 3.05) is 0 Å². The predicted molar refractivity (Wildman–Crippen MR) is 103 cm³/mol. The summed E-state index contributed by atoms with van der Waals surface area (Å²) in [5, 5.41) is 11.9. The average Bonchev–Trinajstić information content (AvgIpc) is 2.79. The Labute approximate surface area is 155 Å². The van der Waals surface area contributed by atoms with Crippen LogP contribution in [0.25, 0.3) is 5.69 Å². The molecule has 0 bridgehead atoms. The first kappa shape index (κ1) is 16.5. The van der Waals surface area contributed by atoms with E-state index in [0.717, 1.165) is 28.2 Å². The van der Waals surface area contributed by atoms with Gasteiger partial charge in [-0.15, -0.1) is 0 Å². The molecule has 1 aliphatic rings. The molecule has 26 heavy (non-hydrogen) atoms. The van der Waals surface area contributed by atoms with Crippen LogP contribution in [0, 0.1) is 24.0 Å². The van der Waals surface area contributed by atoms with Crippen LogP contribution in [0.5, 0.6) is 0 Å². The van der Waals surface area contributed by atoms with Gasteiger partial charge in [0, 0.05) is 39.7 Å². The maximum Gasteiger partial charge on any atom is 0.270 e. The highest BCUT2D eigenvalue weighted by atomic mass is 35.5. The number of fused-ring (bicyclic) bond motifs is 3. The lowest BCUT2D eigenvalue weighted by atomic mass is 9.99. The van der Waals surface area contributed by atoms with Crippen molar-refractivity contribution in [3.63, 3.8) is 0 Å². The van der Waals surface area contributed by atoms with Crippen LogP contribution in [-0.2, 0) is 6.54 Å². The predicted octanol–water partition coefficient (Wildman–Crippen LogP) is 5.01. The molecule has 1 aromatic heterocycles. The number of aryl methyl sites for hydroxylation is 2. The summed E-state index contributed by atoms with van der Waals surface area (Å²) in [6.07, 6.45) is 0. The number of nitro benzene ring substituents is 1. The molecule has 0 N–H and O–H groups in total. The highest BCUT2D eigenvalue weighted by Crippen LogP contribution is 2.33. The van der Waals surface area contributed by atoms with Gasteiger partial charge < -0.3 is 4.57 Å². The molecule has 0 unspecified atom stereocenters. The largest absolute Gasteiger partial charge is 0.315 e. The number of hydrogen-bond acceptors (Lipinski definition) is 3. The van der Waals surface area contributed by atoms with Crippen LogP contribution in [0.2, 0.25) is 5.02 Å². The van der Waals surface area contributed by atoms with E-state index in [0.29, 0.717) is 22.8 Å². The van der Waals surface area contributed by atoms with Gasteiger partial charge in [-0.1, -0.05) is 29.8 Å². The van der Waals surface area contributed by atoms with E-state index < -0.39 is 0 Å². The first-order chi connectivity index (χ1) is 12.5. The fraction of sp³-hybridized carbons (Fsp3) is 0.150. The fourth-order valence-corrected chi connectivity index (χ4v) is 3.75. The molecule has 5 nitrogen and oxygen atoms in total. The number of benzene rings is 2. The molecule has 0 saturated heterocycles. The number of aliphatic imine (C=N–C) groups is 1. The molecule has 0 fully saturated rings. The Morgan fingerprint density at radius 3 is 2.62 bits per heavy atom. The zero-order valence-corrected chi connectivity index (χ0v) is 15.1. The average molecular weight is 366 g/mol. The van der Waals surface area contributed by atoms with E-state index in [1.54, 1.807) is 18.2 Å². The molecular weight excluding hydrogens is 350 g/mol. The van der Waals surface area contributed by atoms with Gasteiger partial charge in [-0.3, -0.25) is 15.1 Å². The number of halogens is 1. The minimum absolute atomic E-state index is 0.0356. The van der Waals surface area contributed by atoms with E-state index in [1.807, 2.05) is 25.1 Å². The molecule has 4 rings (SSSR count). The van der Waals surface area contributed by atoms with Crippen LogP contribution in [0.3, 0.4) is 0 Å². The van der Waals surface area contributed by atoms with Gasteiger partial charge in [-0.25, -0.2) is 0 Å². The minimum Gasteiger partial charge on any atom is -0.315 e. The summed E-state index contributed by atoms with van der Waals surface area (Å²) < 4.78 is 2.13. The van der Waals surface area contributed by atoms with Crippen molar-refractivity contribution in [2.45, 2.75) is 20.4 Å². The third kappa shape index (κ3) is 2.52. The van der Waals surface area contributed by atoms with Crippen molar-refractivity contribution in [1.82, 2.24) is 4.57 Å². The lowest BCUT2D eigenvalue weighted by Crippen LogP contribution is -2.09. The summed E-state index contributed by atoms with van der Waals surface area (Å²) in [6, 6.07) is 14.5. The molecule has 3 aromatic rings. The lowest BCUT2D eigenvalue weighted by Gasteiger charge is -2.14. The quantitative estimate of drug-likeness (QED) is 0.473. The van der Waals surface area contributed by atoms with E-state index in [-0.39, 0.29) is 10.6 Å². The Bertz CT molecular complexity index is 1080. The highest BCUT2D eigenvalue weighted by molar-refractivity contribution is 6.35. The van der Waals surface area contributed by atoms with Crippen molar-refractivity contribution in [3.05, 3.63) is 91.7 Å².